The molecule has 0 radical (unpaired) electrons. The smallest absolute Gasteiger partial charge is 0.224 e. The van der Waals surface area contributed by atoms with Crippen LogP contribution in [0.5, 0.6) is 0 Å². The molecule has 0 aliphatic carbocycles. The Morgan fingerprint density at radius 3 is 2.72 bits per heavy atom. The van der Waals surface area contributed by atoms with E-state index in [4.69, 9.17) is 0 Å². The minimum absolute atomic E-state index is 0.126. The van der Waals surface area contributed by atoms with Gasteiger partial charge in [-0.1, -0.05) is 30.3 Å². The molecule has 0 unspecified atom stereocenters. The van der Waals surface area contributed by atoms with Crippen molar-refractivity contribution in [3.63, 3.8) is 0 Å². The Kier molecular flexibility index (Phi) is 5.11. The lowest BCUT2D eigenvalue weighted by Crippen LogP contribution is -2.13. The number of hydrogen-bond donors (Lipinski definition) is 1. The third kappa shape index (κ3) is 4.03. The van der Waals surface area contributed by atoms with Crippen LogP contribution in [-0.4, -0.2) is 31.2 Å². The maximum atomic E-state index is 13.0. The van der Waals surface area contributed by atoms with Gasteiger partial charge in [-0.05, 0) is 18.1 Å². The van der Waals surface area contributed by atoms with E-state index in [1.165, 1.54) is 18.7 Å². The van der Waals surface area contributed by atoms with Crippen molar-refractivity contribution in [3.05, 3.63) is 84.2 Å². The van der Waals surface area contributed by atoms with Crippen molar-refractivity contribution in [3.8, 4) is 0 Å². The van der Waals surface area contributed by atoms with Gasteiger partial charge in [-0.25, -0.2) is 9.97 Å². The zero-order chi connectivity index (χ0) is 20.2. The third-order valence-electron chi connectivity index (χ3n) is 4.65. The number of aryl methyl sites for hydroxylation is 2. The molecule has 0 bridgehead atoms. The van der Waals surface area contributed by atoms with E-state index >= 15 is 0 Å². The number of benzene rings is 1. The fourth-order valence-electron chi connectivity index (χ4n) is 3.21. The number of rotatable bonds is 6. The predicted octanol–water partition coefficient (Wildman–Crippen LogP) is 3.17. The van der Waals surface area contributed by atoms with Gasteiger partial charge >= 0.3 is 0 Å². The normalized spacial score (nSPS) is 10.8. The quantitative estimate of drug-likeness (QED) is 0.515. The topological polar surface area (TPSA) is 89.8 Å². The summed E-state index contributed by atoms with van der Waals surface area (Å²) in [7, 11) is 1.83. The first-order valence-corrected chi connectivity index (χ1v) is 9.20. The summed E-state index contributed by atoms with van der Waals surface area (Å²) in [6.07, 6.45) is 8.82. The van der Waals surface area contributed by atoms with E-state index in [9.17, 15) is 9.59 Å². The third-order valence-corrected chi connectivity index (χ3v) is 4.65. The highest BCUT2D eigenvalue weighted by molar-refractivity contribution is 6.16. The molecular formula is C22H19N5O2. The molecule has 0 spiro atoms. The number of anilines is 1. The van der Waals surface area contributed by atoms with Crippen LogP contribution < -0.4 is 5.32 Å². The van der Waals surface area contributed by atoms with Gasteiger partial charge in [0.15, 0.2) is 5.78 Å². The highest BCUT2D eigenvalue weighted by Gasteiger charge is 2.17. The van der Waals surface area contributed by atoms with Gasteiger partial charge in [0.25, 0.3) is 0 Å². The van der Waals surface area contributed by atoms with E-state index in [-0.39, 0.29) is 11.7 Å². The average Bonchev–Trinajstić information content (AvgIpc) is 3.09. The van der Waals surface area contributed by atoms with Gasteiger partial charge < -0.3 is 9.88 Å². The van der Waals surface area contributed by atoms with Crippen molar-refractivity contribution in [2.75, 3.05) is 5.32 Å². The number of nitrogens with one attached hydrogen (secondary N) is 1. The Balaban J connectivity index is 1.49. The Hall–Kier alpha value is -3.87. The maximum absolute atomic E-state index is 13.0. The highest BCUT2D eigenvalue weighted by atomic mass is 16.1. The molecule has 7 heteroatoms. The van der Waals surface area contributed by atoms with Crippen LogP contribution in [0.4, 0.5) is 5.69 Å². The summed E-state index contributed by atoms with van der Waals surface area (Å²) in [5.74, 6) is -0.322. The average molecular weight is 385 g/mol. The molecule has 4 rings (SSSR count). The molecule has 4 aromatic rings. The SMILES string of the molecule is Cn1cc(C(=O)c2cncc(NC(=O)CCc3ccccc3)c2)c2cncnc21. The van der Waals surface area contributed by atoms with E-state index in [1.807, 2.05) is 37.4 Å². The summed E-state index contributed by atoms with van der Waals surface area (Å²) in [5, 5.41) is 3.50. The van der Waals surface area contributed by atoms with Crippen molar-refractivity contribution in [1.82, 2.24) is 19.5 Å². The Bertz CT molecular complexity index is 1180. The number of carbonyl (C=O) groups is 2. The van der Waals surface area contributed by atoms with Crippen LogP contribution >= 0.6 is 0 Å². The summed E-state index contributed by atoms with van der Waals surface area (Å²) < 4.78 is 1.78. The molecule has 1 amide bonds. The van der Waals surface area contributed by atoms with E-state index in [1.54, 1.807) is 23.0 Å². The van der Waals surface area contributed by atoms with Crippen molar-refractivity contribution in [2.45, 2.75) is 12.8 Å². The van der Waals surface area contributed by atoms with Crippen LogP contribution in [0.1, 0.15) is 27.9 Å². The summed E-state index contributed by atoms with van der Waals surface area (Å²) in [5.41, 5.74) is 3.16. The lowest BCUT2D eigenvalue weighted by molar-refractivity contribution is -0.116. The first kappa shape index (κ1) is 18.5. The van der Waals surface area contributed by atoms with Crippen LogP contribution in [-0.2, 0) is 18.3 Å². The lowest BCUT2D eigenvalue weighted by atomic mass is 10.1. The summed E-state index contributed by atoms with van der Waals surface area (Å²) in [4.78, 5) is 37.6. The summed E-state index contributed by atoms with van der Waals surface area (Å²) in [6.45, 7) is 0. The van der Waals surface area contributed by atoms with Gasteiger partial charge in [0.05, 0.1) is 17.4 Å². The van der Waals surface area contributed by atoms with E-state index in [2.05, 4.69) is 20.3 Å². The van der Waals surface area contributed by atoms with E-state index < -0.39 is 0 Å². The van der Waals surface area contributed by atoms with Crippen LogP contribution in [0.25, 0.3) is 11.0 Å². The monoisotopic (exact) mass is 385 g/mol. The van der Waals surface area contributed by atoms with Crippen LogP contribution in [0.3, 0.4) is 0 Å². The summed E-state index contributed by atoms with van der Waals surface area (Å²) in [6, 6.07) is 11.5. The number of aromatic nitrogens is 4. The second-order valence-corrected chi connectivity index (χ2v) is 6.74. The van der Waals surface area contributed by atoms with Gasteiger partial charge in [0.2, 0.25) is 5.91 Å². The van der Waals surface area contributed by atoms with Crippen LogP contribution in [0.15, 0.2) is 67.5 Å². The molecule has 3 heterocycles. The maximum Gasteiger partial charge on any atom is 0.224 e. The molecular weight excluding hydrogens is 366 g/mol. The zero-order valence-electron chi connectivity index (χ0n) is 15.9. The lowest BCUT2D eigenvalue weighted by Gasteiger charge is -2.07. The standard InChI is InChI=1S/C22H19N5O2/c1-27-13-19(18-12-24-14-25-22(18)27)21(29)16-9-17(11-23-10-16)26-20(28)8-7-15-5-3-2-4-6-15/h2-6,9-14H,7-8H2,1H3,(H,26,28). The fraction of sp³-hybridized carbons (Fsp3) is 0.136. The number of amides is 1. The Labute approximate surface area is 167 Å². The molecule has 0 aliphatic rings. The minimum Gasteiger partial charge on any atom is -0.335 e. The molecule has 7 nitrogen and oxygen atoms in total. The largest absolute Gasteiger partial charge is 0.335 e. The molecule has 0 atom stereocenters. The van der Waals surface area contributed by atoms with E-state index in [0.717, 1.165) is 5.56 Å². The molecule has 1 aromatic carbocycles. The summed E-state index contributed by atoms with van der Waals surface area (Å²) >= 11 is 0. The molecule has 0 saturated heterocycles. The van der Waals surface area contributed by atoms with E-state index in [0.29, 0.717) is 40.7 Å². The Morgan fingerprint density at radius 2 is 1.90 bits per heavy atom. The van der Waals surface area contributed by atoms with Gasteiger partial charge in [0.1, 0.15) is 12.0 Å². The molecule has 0 saturated carbocycles. The number of fused-ring (bicyclic) bond motifs is 1. The first-order valence-electron chi connectivity index (χ1n) is 9.20. The van der Waals surface area contributed by atoms with Crippen LogP contribution in [0, 0.1) is 0 Å². The number of hydrogen-bond acceptors (Lipinski definition) is 5. The predicted molar refractivity (Wildman–Crippen MR) is 110 cm³/mol. The minimum atomic E-state index is -0.196. The highest BCUT2D eigenvalue weighted by Crippen LogP contribution is 2.21. The van der Waals surface area contributed by atoms with Gasteiger partial charge in [-0.15, -0.1) is 0 Å². The first-order chi connectivity index (χ1) is 14.1. The van der Waals surface area contributed by atoms with Crippen molar-refractivity contribution in [2.24, 2.45) is 7.05 Å². The van der Waals surface area contributed by atoms with Crippen molar-refractivity contribution in [1.29, 1.82) is 0 Å². The molecule has 29 heavy (non-hydrogen) atoms. The molecule has 0 fully saturated rings. The van der Waals surface area contributed by atoms with Crippen LogP contribution in [0.2, 0.25) is 0 Å². The van der Waals surface area contributed by atoms with Gasteiger partial charge in [-0.3, -0.25) is 14.6 Å². The fourth-order valence-corrected chi connectivity index (χ4v) is 3.21. The molecule has 144 valence electrons. The second-order valence-electron chi connectivity index (χ2n) is 6.74. The van der Waals surface area contributed by atoms with Crippen molar-refractivity contribution >= 4 is 28.4 Å². The van der Waals surface area contributed by atoms with Gasteiger partial charge in [0, 0.05) is 43.0 Å². The molecule has 0 aliphatic heterocycles. The zero-order valence-corrected chi connectivity index (χ0v) is 15.9. The molecule has 1 N–H and O–H groups in total. The van der Waals surface area contributed by atoms with Gasteiger partial charge in [-0.2, -0.15) is 0 Å². The Morgan fingerprint density at radius 1 is 1.07 bits per heavy atom. The number of nitrogens with zero attached hydrogens (tertiary/aromatic N) is 4. The van der Waals surface area contributed by atoms with Crippen molar-refractivity contribution < 1.29 is 9.59 Å². The molecule has 3 aromatic heterocycles. The number of carbonyl (C=O) groups excluding carboxylic acids is 2. The number of pyridine rings is 1. The number of ketones is 1. The second kappa shape index (κ2) is 8.02.